The SMILES string of the molecule is CC(C)C1(O)CC2(CC2)C(O)C2(CC2)C1. The molecule has 2 nitrogen and oxygen atoms in total. The monoisotopic (exact) mass is 210 g/mol. The molecule has 0 unspecified atom stereocenters. The van der Waals surface area contributed by atoms with Gasteiger partial charge >= 0.3 is 0 Å². The average molecular weight is 210 g/mol. The molecule has 3 aliphatic carbocycles. The fourth-order valence-electron chi connectivity index (χ4n) is 3.75. The van der Waals surface area contributed by atoms with E-state index < -0.39 is 5.60 Å². The van der Waals surface area contributed by atoms with Crippen LogP contribution in [0.25, 0.3) is 0 Å². The van der Waals surface area contributed by atoms with Gasteiger partial charge in [-0.1, -0.05) is 13.8 Å². The summed E-state index contributed by atoms with van der Waals surface area (Å²) in [5, 5.41) is 21.1. The van der Waals surface area contributed by atoms with Crippen LogP contribution in [0.3, 0.4) is 0 Å². The zero-order chi connectivity index (χ0) is 10.9. The van der Waals surface area contributed by atoms with Crippen LogP contribution >= 0.6 is 0 Å². The highest BCUT2D eigenvalue weighted by molar-refractivity contribution is 5.19. The summed E-state index contributed by atoms with van der Waals surface area (Å²) in [6.45, 7) is 4.23. The first-order chi connectivity index (χ1) is 6.93. The quantitative estimate of drug-likeness (QED) is 0.695. The molecule has 86 valence electrons. The standard InChI is InChI=1S/C13H22O2/c1-9(2)13(15)7-11(3-4-11)10(14)12(8-13)5-6-12/h9-10,14-15H,3-8H2,1-2H3. The van der Waals surface area contributed by atoms with Crippen LogP contribution in [0.2, 0.25) is 0 Å². The minimum Gasteiger partial charge on any atom is -0.392 e. The number of hydrogen-bond acceptors (Lipinski definition) is 2. The van der Waals surface area contributed by atoms with Gasteiger partial charge in [0.15, 0.2) is 0 Å². The molecule has 0 aliphatic heterocycles. The molecule has 2 N–H and O–H groups in total. The van der Waals surface area contributed by atoms with Crippen LogP contribution in [0.15, 0.2) is 0 Å². The Morgan fingerprint density at radius 1 is 1.00 bits per heavy atom. The Balaban J connectivity index is 1.91. The molecule has 3 saturated carbocycles. The fourth-order valence-corrected chi connectivity index (χ4v) is 3.75. The second-order valence-electron chi connectivity index (χ2n) is 6.74. The highest BCUT2D eigenvalue weighted by Crippen LogP contribution is 2.71. The van der Waals surface area contributed by atoms with Crippen molar-refractivity contribution in [1.29, 1.82) is 0 Å². The summed E-state index contributed by atoms with van der Waals surface area (Å²) in [7, 11) is 0. The highest BCUT2D eigenvalue weighted by Gasteiger charge is 2.68. The van der Waals surface area contributed by atoms with Gasteiger partial charge in [-0.05, 0) is 55.3 Å². The number of hydrogen-bond donors (Lipinski definition) is 2. The Morgan fingerprint density at radius 3 is 1.67 bits per heavy atom. The maximum atomic E-state index is 10.7. The third-order valence-electron chi connectivity index (χ3n) is 5.34. The van der Waals surface area contributed by atoms with Crippen LogP contribution in [0.4, 0.5) is 0 Å². The van der Waals surface area contributed by atoms with E-state index in [0.717, 1.165) is 38.5 Å². The van der Waals surface area contributed by atoms with Crippen molar-refractivity contribution in [3.63, 3.8) is 0 Å². The molecule has 2 heteroatoms. The summed E-state index contributed by atoms with van der Waals surface area (Å²) in [5.74, 6) is 0.319. The molecule has 15 heavy (non-hydrogen) atoms. The second kappa shape index (κ2) is 2.60. The topological polar surface area (TPSA) is 40.5 Å². The van der Waals surface area contributed by atoms with Crippen molar-refractivity contribution in [2.45, 2.75) is 64.1 Å². The van der Waals surface area contributed by atoms with E-state index in [4.69, 9.17) is 0 Å². The first-order valence-electron chi connectivity index (χ1n) is 6.33. The van der Waals surface area contributed by atoms with E-state index in [0.29, 0.717) is 5.92 Å². The zero-order valence-corrected chi connectivity index (χ0v) is 9.79. The fraction of sp³-hybridized carbons (Fsp3) is 1.00. The van der Waals surface area contributed by atoms with Gasteiger partial charge in [-0.25, -0.2) is 0 Å². The van der Waals surface area contributed by atoms with Gasteiger partial charge in [-0.3, -0.25) is 0 Å². The van der Waals surface area contributed by atoms with Crippen molar-refractivity contribution in [3.05, 3.63) is 0 Å². The molecule has 3 rings (SSSR count). The molecule has 3 fully saturated rings. The first kappa shape index (κ1) is 10.1. The second-order valence-corrected chi connectivity index (χ2v) is 6.74. The predicted molar refractivity (Wildman–Crippen MR) is 58.4 cm³/mol. The molecule has 0 saturated heterocycles. The summed E-state index contributed by atoms with van der Waals surface area (Å²) in [4.78, 5) is 0. The Labute approximate surface area is 91.7 Å². The van der Waals surface area contributed by atoms with E-state index in [1.54, 1.807) is 0 Å². The van der Waals surface area contributed by atoms with Crippen molar-refractivity contribution in [1.82, 2.24) is 0 Å². The molecular weight excluding hydrogens is 188 g/mol. The molecule has 0 aromatic carbocycles. The lowest BCUT2D eigenvalue weighted by atomic mass is 9.63. The van der Waals surface area contributed by atoms with Gasteiger partial charge in [0.1, 0.15) is 0 Å². The maximum absolute atomic E-state index is 10.7. The van der Waals surface area contributed by atoms with E-state index in [9.17, 15) is 10.2 Å². The minimum absolute atomic E-state index is 0.105. The van der Waals surface area contributed by atoms with E-state index in [2.05, 4.69) is 13.8 Å². The summed E-state index contributed by atoms with van der Waals surface area (Å²) in [6, 6.07) is 0. The molecule has 0 radical (unpaired) electrons. The van der Waals surface area contributed by atoms with Gasteiger partial charge < -0.3 is 10.2 Å². The number of aliphatic hydroxyl groups is 2. The van der Waals surface area contributed by atoms with Crippen LogP contribution in [-0.2, 0) is 0 Å². The van der Waals surface area contributed by atoms with Crippen LogP contribution in [0.5, 0.6) is 0 Å². The third kappa shape index (κ3) is 1.24. The molecule has 0 heterocycles. The zero-order valence-electron chi connectivity index (χ0n) is 9.79. The molecule has 0 amide bonds. The van der Waals surface area contributed by atoms with Gasteiger partial charge in [0.25, 0.3) is 0 Å². The van der Waals surface area contributed by atoms with Crippen LogP contribution in [0, 0.1) is 16.7 Å². The first-order valence-corrected chi connectivity index (χ1v) is 6.33. The predicted octanol–water partition coefficient (Wildman–Crippen LogP) is 2.09. The van der Waals surface area contributed by atoms with Gasteiger partial charge in [-0.15, -0.1) is 0 Å². The van der Waals surface area contributed by atoms with Gasteiger partial charge in [-0.2, -0.15) is 0 Å². The lowest BCUT2D eigenvalue weighted by Crippen LogP contribution is -2.51. The molecule has 0 aromatic heterocycles. The molecule has 0 aromatic rings. The van der Waals surface area contributed by atoms with E-state index in [1.165, 1.54) is 0 Å². The Bertz CT molecular complexity index is 265. The lowest BCUT2D eigenvalue weighted by molar-refractivity contribution is -0.137. The minimum atomic E-state index is -0.508. The Kier molecular flexibility index (Phi) is 1.75. The molecule has 0 atom stereocenters. The number of aliphatic hydroxyl groups excluding tert-OH is 1. The van der Waals surface area contributed by atoms with Crippen LogP contribution in [-0.4, -0.2) is 21.9 Å². The van der Waals surface area contributed by atoms with Crippen molar-refractivity contribution >= 4 is 0 Å². The molecular formula is C13H22O2. The van der Waals surface area contributed by atoms with E-state index in [-0.39, 0.29) is 16.9 Å². The normalized spacial score (nSPS) is 45.0. The van der Waals surface area contributed by atoms with Crippen molar-refractivity contribution < 1.29 is 10.2 Å². The van der Waals surface area contributed by atoms with Gasteiger partial charge in [0, 0.05) is 0 Å². The van der Waals surface area contributed by atoms with Crippen molar-refractivity contribution in [2.24, 2.45) is 16.7 Å². The van der Waals surface area contributed by atoms with Crippen LogP contribution in [0.1, 0.15) is 52.4 Å². The smallest absolute Gasteiger partial charge is 0.0683 e. The molecule has 0 bridgehead atoms. The highest BCUT2D eigenvalue weighted by atomic mass is 16.3. The Morgan fingerprint density at radius 2 is 1.40 bits per heavy atom. The maximum Gasteiger partial charge on any atom is 0.0683 e. The number of rotatable bonds is 1. The van der Waals surface area contributed by atoms with Gasteiger partial charge in [0.2, 0.25) is 0 Å². The van der Waals surface area contributed by atoms with Crippen LogP contribution < -0.4 is 0 Å². The van der Waals surface area contributed by atoms with Gasteiger partial charge in [0.05, 0.1) is 11.7 Å². The van der Waals surface area contributed by atoms with Crippen molar-refractivity contribution in [3.8, 4) is 0 Å². The lowest BCUT2D eigenvalue weighted by Gasteiger charge is -2.47. The van der Waals surface area contributed by atoms with E-state index in [1.807, 2.05) is 0 Å². The summed E-state index contributed by atoms with van der Waals surface area (Å²) < 4.78 is 0. The Hall–Kier alpha value is -0.0800. The summed E-state index contributed by atoms with van der Waals surface area (Å²) >= 11 is 0. The third-order valence-corrected chi connectivity index (χ3v) is 5.34. The average Bonchev–Trinajstić information content (AvgIpc) is 3.01. The largest absolute Gasteiger partial charge is 0.392 e. The summed E-state index contributed by atoms with van der Waals surface area (Å²) in [6.07, 6.45) is 6.07. The molecule has 3 aliphatic rings. The van der Waals surface area contributed by atoms with E-state index >= 15 is 0 Å². The summed E-state index contributed by atoms with van der Waals surface area (Å²) in [5.41, 5.74) is -0.298. The van der Waals surface area contributed by atoms with Crippen molar-refractivity contribution in [2.75, 3.05) is 0 Å². The molecule has 2 spiro atoms.